The van der Waals surface area contributed by atoms with E-state index < -0.39 is 0 Å². The highest BCUT2D eigenvalue weighted by Gasteiger charge is 2.31. The molecular formula is C17H22N2O4. The second-order valence-corrected chi connectivity index (χ2v) is 6.05. The Kier molecular flexibility index (Phi) is 4.81. The van der Waals surface area contributed by atoms with E-state index in [9.17, 15) is 14.7 Å². The molecule has 0 aliphatic carbocycles. The number of hydrogen-bond acceptors (Lipinski definition) is 4. The van der Waals surface area contributed by atoms with E-state index in [1.807, 2.05) is 0 Å². The maximum absolute atomic E-state index is 12.3. The first-order valence-electron chi connectivity index (χ1n) is 8.09. The van der Waals surface area contributed by atoms with Crippen LogP contribution in [-0.2, 0) is 20.7 Å². The molecule has 0 aromatic heterocycles. The fraction of sp³-hybridized carbons (Fsp3) is 0.529. The van der Waals surface area contributed by atoms with Gasteiger partial charge in [0.15, 0.2) is 0 Å². The topological polar surface area (TPSA) is 70.1 Å². The van der Waals surface area contributed by atoms with Crippen molar-refractivity contribution in [2.45, 2.75) is 25.4 Å². The molecule has 0 bridgehead atoms. The molecule has 1 aromatic carbocycles. The first kappa shape index (κ1) is 15.8. The fourth-order valence-corrected chi connectivity index (χ4v) is 3.05. The number of benzene rings is 1. The highest BCUT2D eigenvalue weighted by atomic mass is 16.5. The third-order valence-electron chi connectivity index (χ3n) is 4.44. The molecule has 2 aliphatic rings. The van der Waals surface area contributed by atoms with Gasteiger partial charge in [0, 0.05) is 32.8 Å². The Hall–Kier alpha value is -2.08. The monoisotopic (exact) mass is 318 g/mol. The lowest BCUT2D eigenvalue weighted by molar-refractivity contribution is -0.145. The Morgan fingerprint density at radius 2 is 1.74 bits per heavy atom. The molecule has 0 saturated carbocycles. The van der Waals surface area contributed by atoms with Gasteiger partial charge in [0.1, 0.15) is 11.9 Å². The van der Waals surface area contributed by atoms with E-state index in [4.69, 9.17) is 4.74 Å². The van der Waals surface area contributed by atoms with Crippen LogP contribution in [-0.4, -0.2) is 65.6 Å². The number of hydrogen-bond donors (Lipinski definition) is 1. The molecule has 2 saturated heterocycles. The molecule has 2 heterocycles. The molecule has 1 N–H and O–H groups in total. The average molecular weight is 318 g/mol. The Bertz CT molecular complexity index is 558. The minimum absolute atomic E-state index is 0.0555. The molecule has 6 nitrogen and oxygen atoms in total. The van der Waals surface area contributed by atoms with Gasteiger partial charge in [-0.15, -0.1) is 0 Å². The van der Waals surface area contributed by atoms with Crippen molar-refractivity contribution in [3.05, 3.63) is 29.8 Å². The summed E-state index contributed by atoms with van der Waals surface area (Å²) in [4.78, 5) is 28.2. The number of ether oxygens (including phenoxy) is 1. The summed E-state index contributed by atoms with van der Waals surface area (Å²) in [6.45, 7) is 2.94. The summed E-state index contributed by atoms with van der Waals surface area (Å²) in [5.41, 5.74) is 0.880. The predicted molar refractivity (Wildman–Crippen MR) is 83.9 cm³/mol. The lowest BCUT2D eigenvalue weighted by atomic mass is 10.1. The van der Waals surface area contributed by atoms with Crippen LogP contribution in [0.2, 0.25) is 0 Å². The van der Waals surface area contributed by atoms with Crippen molar-refractivity contribution in [3.63, 3.8) is 0 Å². The lowest BCUT2D eigenvalue weighted by Gasteiger charge is -2.35. The van der Waals surface area contributed by atoms with Crippen LogP contribution in [0.5, 0.6) is 5.75 Å². The molecule has 1 atom stereocenters. The maximum atomic E-state index is 12.3. The maximum Gasteiger partial charge on any atom is 0.251 e. The highest BCUT2D eigenvalue weighted by molar-refractivity contribution is 5.82. The Labute approximate surface area is 135 Å². The minimum atomic E-state index is -0.283. The van der Waals surface area contributed by atoms with Gasteiger partial charge in [-0.1, -0.05) is 12.1 Å². The van der Waals surface area contributed by atoms with Gasteiger partial charge in [0.05, 0.1) is 6.42 Å². The van der Waals surface area contributed by atoms with Gasteiger partial charge in [0.2, 0.25) is 5.91 Å². The zero-order valence-corrected chi connectivity index (χ0v) is 13.1. The molecule has 2 fully saturated rings. The summed E-state index contributed by atoms with van der Waals surface area (Å²) < 4.78 is 5.44. The summed E-state index contributed by atoms with van der Waals surface area (Å²) in [6, 6.07) is 6.68. The number of phenols is 1. The third-order valence-corrected chi connectivity index (χ3v) is 4.44. The van der Waals surface area contributed by atoms with Gasteiger partial charge < -0.3 is 19.6 Å². The molecular weight excluding hydrogens is 296 g/mol. The van der Waals surface area contributed by atoms with Crippen molar-refractivity contribution in [1.29, 1.82) is 0 Å². The average Bonchev–Trinajstić information content (AvgIpc) is 3.11. The predicted octanol–water partition coefficient (Wildman–Crippen LogP) is 0.784. The standard InChI is InChI=1S/C17H22N2O4/c20-14-5-3-13(4-6-14)12-16(21)18-7-9-19(10-8-18)17(22)15-2-1-11-23-15/h3-6,15,20H,1-2,7-12H2. The first-order chi connectivity index (χ1) is 11.1. The molecule has 0 spiro atoms. The normalized spacial score (nSPS) is 21.5. The Balaban J connectivity index is 1.49. The zero-order valence-electron chi connectivity index (χ0n) is 13.1. The third kappa shape index (κ3) is 3.82. The number of nitrogens with zero attached hydrogens (tertiary/aromatic N) is 2. The minimum Gasteiger partial charge on any atom is -0.508 e. The van der Waals surface area contributed by atoms with Crippen LogP contribution in [0, 0.1) is 0 Å². The van der Waals surface area contributed by atoms with Crippen molar-refractivity contribution in [1.82, 2.24) is 9.80 Å². The van der Waals surface area contributed by atoms with Crippen LogP contribution >= 0.6 is 0 Å². The van der Waals surface area contributed by atoms with Crippen molar-refractivity contribution >= 4 is 11.8 Å². The second kappa shape index (κ2) is 7.00. The van der Waals surface area contributed by atoms with Crippen molar-refractivity contribution in [3.8, 4) is 5.75 Å². The number of rotatable bonds is 3. The van der Waals surface area contributed by atoms with Crippen molar-refractivity contribution < 1.29 is 19.4 Å². The molecule has 2 aliphatic heterocycles. The van der Waals surface area contributed by atoms with Crippen LogP contribution in [0.25, 0.3) is 0 Å². The quantitative estimate of drug-likeness (QED) is 0.894. The summed E-state index contributed by atoms with van der Waals surface area (Å²) in [5, 5.41) is 9.27. The van der Waals surface area contributed by atoms with E-state index >= 15 is 0 Å². The van der Waals surface area contributed by atoms with Crippen LogP contribution < -0.4 is 0 Å². The van der Waals surface area contributed by atoms with Gasteiger partial charge in [-0.25, -0.2) is 0 Å². The summed E-state index contributed by atoms with van der Waals surface area (Å²) in [7, 11) is 0. The van der Waals surface area contributed by atoms with Gasteiger partial charge in [0.25, 0.3) is 5.91 Å². The number of carbonyl (C=O) groups excluding carboxylic acids is 2. The number of aromatic hydroxyl groups is 1. The number of phenolic OH excluding ortho intramolecular Hbond substituents is 1. The van der Waals surface area contributed by atoms with Gasteiger partial charge >= 0.3 is 0 Å². The Morgan fingerprint density at radius 1 is 1.09 bits per heavy atom. The van der Waals surface area contributed by atoms with E-state index in [2.05, 4.69) is 0 Å². The fourth-order valence-electron chi connectivity index (χ4n) is 3.05. The summed E-state index contributed by atoms with van der Waals surface area (Å²) in [5.74, 6) is 0.315. The van der Waals surface area contributed by atoms with Crippen molar-refractivity contribution in [2.24, 2.45) is 0 Å². The smallest absolute Gasteiger partial charge is 0.251 e. The number of amides is 2. The molecule has 124 valence electrons. The van der Waals surface area contributed by atoms with E-state index in [-0.39, 0.29) is 23.7 Å². The van der Waals surface area contributed by atoms with Crippen LogP contribution in [0.4, 0.5) is 0 Å². The number of carbonyl (C=O) groups is 2. The molecule has 1 unspecified atom stereocenters. The van der Waals surface area contributed by atoms with Crippen LogP contribution in [0.1, 0.15) is 18.4 Å². The molecule has 6 heteroatoms. The summed E-state index contributed by atoms with van der Waals surface area (Å²) >= 11 is 0. The van der Waals surface area contributed by atoms with Gasteiger partial charge in [-0.3, -0.25) is 9.59 Å². The van der Waals surface area contributed by atoms with Crippen molar-refractivity contribution in [2.75, 3.05) is 32.8 Å². The summed E-state index contributed by atoms with van der Waals surface area (Å²) in [6.07, 6.45) is 1.79. The van der Waals surface area contributed by atoms with Crippen LogP contribution in [0.15, 0.2) is 24.3 Å². The molecule has 23 heavy (non-hydrogen) atoms. The van der Waals surface area contributed by atoms with E-state index in [1.165, 1.54) is 0 Å². The van der Waals surface area contributed by atoms with E-state index in [0.717, 1.165) is 18.4 Å². The largest absolute Gasteiger partial charge is 0.508 e. The SMILES string of the molecule is O=C(Cc1ccc(O)cc1)N1CCN(C(=O)C2CCCO2)CC1. The van der Waals surface area contributed by atoms with E-state index in [0.29, 0.717) is 39.2 Å². The zero-order chi connectivity index (χ0) is 16.2. The number of piperazine rings is 1. The molecule has 3 rings (SSSR count). The second-order valence-electron chi connectivity index (χ2n) is 6.05. The van der Waals surface area contributed by atoms with Crippen LogP contribution in [0.3, 0.4) is 0 Å². The Morgan fingerprint density at radius 3 is 2.35 bits per heavy atom. The lowest BCUT2D eigenvalue weighted by Crippen LogP contribution is -2.53. The van der Waals surface area contributed by atoms with E-state index in [1.54, 1.807) is 34.1 Å². The highest BCUT2D eigenvalue weighted by Crippen LogP contribution is 2.16. The molecule has 2 amide bonds. The molecule has 1 aromatic rings. The molecule has 0 radical (unpaired) electrons. The first-order valence-corrected chi connectivity index (χ1v) is 8.09. The van der Waals surface area contributed by atoms with Gasteiger partial charge in [-0.05, 0) is 30.5 Å². The van der Waals surface area contributed by atoms with Gasteiger partial charge in [-0.2, -0.15) is 0 Å².